The van der Waals surface area contributed by atoms with Gasteiger partial charge in [0.15, 0.2) is 0 Å². The molecule has 174 valence electrons. The van der Waals surface area contributed by atoms with Crippen molar-refractivity contribution in [1.29, 1.82) is 0 Å². The SMILES string of the molecule is CC1CCN(CCCNC(=O)c2ccc(N(Cc3ccc(Cl)cc3)S(C)(=O)=O)cc2)CC1. The highest BCUT2D eigenvalue weighted by Gasteiger charge is 2.19. The van der Waals surface area contributed by atoms with Crippen molar-refractivity contribution in [1.82, 2.24) is 10.2 Å². The van der Waals surface area contributed by atoms with Crippen LogP contribution >= 0.6 is 11.6 Å². The Bertz CT molecular complexity index is 986. The number of sulfonamides is 1. The van der Waals surface area contributed by atoms with Crippen LogP contribution in [-0.2, 0) is 16.6 Å². The van der Waals surface area contributed by atoms with Gasteiger partial charge in [-0.2, -0.15) is 0 Å². The molecule has 0 unspecified atom stereocenters. The Labute approximate surface area is 196 Å². The summed E-state index contributed by atoms with van der Waals surface area (Å²) < 4.78 is 26.0. The number of rotatable bonds is 9. The molecule has 2 aromatic rings. The number of amides is 1. The lowest BCUT2D eigenvalue weighted by atomic mass is 9.99. The largest absolute Gasteiger partial charge is 0.352 e. The summed E-state index contributed by atoms with van der Waals surface area (Å²) in [4.78, 5) is 14.9. The van der Waals surface area contributed by atoms with Gasteiger partial charge < -0.3 is 10.2 Å². The number of halogens is 1. The van der Waals surface area contributed by atoms with E-state index >= 15 is 0 Å². The molecule has 1 amide bonds. The summed E-state index contributed by atoms with van der Waals surface area (Å²) in [7, 11) is -3.50. The van der Waals surface area contributed by atoms with Crippen LogP contribution in [-0.4, -0.2) is 51.7 Å². The Balaban J connectivity index is 1.54. The number of piperidine rings is 1. The van der Waals surface area contributed by atoms with Gasteiger partial charge in [-0.25, -0.2) is 8.42 Å². The molecule has 0 spiro atoms. The van der Waals surface area contributed by atoms with Crippen LogP contribution in [0.3, 0.4) is 0 Å². The minimum absolute atomic E-state index is 0.146. The summed E-state index contributed by atoms with van der Waals surface area (Å²) in [6.45, 7) is 6.40. The van der Waals surface area contributed by atoms with Crippen LogP contribution in [0.5, 0.6) is 0 Å². The third-order valence-electron chi connectivity index (χ3n) is 5.87. The van der Waals surface area contributed by atoms with Crippen LogP contribution in [0.4, 0.5) is 5.69 Å². The lowest BCUT2D eigenvalue weighted by Gasteiger charge is -2.30. The summed E-state index contributed by atoms with van der Waals surface area (Å²) in [5, 5.41) is 3.56. The van der Waals surface area contributed by atoms with Crippen LogP contribution in [0.2, 0.25) is 5.02 Å². The van der Waals surface area contributed by atoms with E-state index < -0.39 is 10.0 Å². The molecule has 1 aliphatic rings. The number of anilines is 1. The molecule has 32 heavy (non-hydrogen) atoms. The predicted molar refractivity (Wildman–Crippen MR) is 131 cm³/mol. The van der Waals surface area contributed by atoms with Gasteiger partial charge in [0.05, 0.1) is 18.5 Å². The van der Waals surface area contributed by atoms with Gasteiger partial charge in [-0.05, 0) is 86.8 Å². The zero-order valence-corrected chi connectivity index (χ0v) is 20.3. The lowest BCUT2D eigenvalue weighted by Crippen LogP contribution is -2.35. The van der Waals surface area contributed by atoms with Crippen LogP contribution in [0, 0.1) is 5.92 Å². The Morgan fingerprint density at radius 1 is 1.09 bits per heavy atom. The molecular weight excluding hydrogens is 446 g/mol. The van der Waals surface area contributed by atoms with E-state index in [9.17, 15) is 13.2 Å². The minimum Gasteiger partial charge on any atom is -0.352 e. The van der Waals surface area contributed by atoms with Crippen molar-refractivity contribution in [2.24, 2.45) is 5.92 Å². The van der Waals surface area contributed by atoms with Crippen molar-refractivity contribution in [3.05, 3.63) is 64.7 Å². The average molecular weight is 478 g/mol. The Morgan fingerprint density at radius 3 is 2.31 bits per heavy atom. The van der Waals surface area contributed by atoms with Crippen LogP contribution in [0.25, 0.3) is 0 Å². The smallest absolute Gasteiger partial charge is 0.251 e. The van der Waals surface area contributed by atoms with Crippen LogP contribution < -0.4 is 9.62 Å². The molecule has 0 saturated carbocycles. The summed E-state index contributed by atoms with van der Waals surface area (Å²) in [5.74, 6) is 0.672. The highest BCUT2D eigenvalue weighted by atomic mass is 35.5. The summed E-state index contributed by atoms with van der Waals surface area (Å²) in [6, 6.07) is 13.7. The molecular formula is C24H32ClN3O3S. The van der Waals surface area contributed by atoms with Crippen molar-refractivity contribution >= 4 is 33.2 Å². The van der Waals surface area contributed by atoms with Crippen molar-refractivity contribution in [2.75, 3.05) is 36.7 Å². The second kappa shape index (κ2) is 11.2. The van der Waals surface area contributed by atoms with Gasteiger partial charge >= 0.3 is 0 Å². The van der Waals surface area contributed by atoms with Gasteiger partial charge in [-0.15, -0.1) is 0 Å². The maximum atomic E-state index is 12.5. The molecule has 0 atom stereocenters. The van der Waals surface area contributed by atoms with E-state index in [1.807, 2.05) is 0 Å². The van der Waals surface area contributed by atoms with Gasteiger partial charge in [0, 0.05) is 17.1 Å². The minimum atomic E-state index is -3.50. The van der Waals surface area contributed by atoms with Crippen molar-refractivity contribution in [2.45, 2.75) is 32.7 Å². The first-order valence-corrected chi connectivity index (χ1v) is 13.3. The highest BCUT2D eigenvalue weighted by molar-refractivity contribution is 7.92. The highest BCUT2D eigenvalue weighted by Crippen LogP contribution is 2.22. The molecule has 1 heterocycles. The number of carbonyl (C=O) groups is 1. The predicted octanol–water partition coefficient (Wildman–Crippen LogP) is 4.16. The molecule has 0 aliphatic carbocycles. The second-order valence-electron chi connectivity index (χ2n) is 8.58. The van der Waals surface area contributed by atoms with E-state index in [-0.39, 0.29) is 12.5 Å². The van der Waals surface area contributed by atoms with E-state index in [2.05, 4.69) is 17.1 Å². The van der Waals surface area contributed by atoms with Crippen molar-refractivity contribution < 1.29 is 13.2 Å². The van der Waals surface area contributed by atoms with Gasteiger partial charge in [0.25, 0.3) is 5.91 Å². The molecule has 0 aromatic heterocycles. The molecule has 1 N–H and O–H groups in total. The number of hydrogen-bond donors (Lipinski definition) is 1. The Kier molecular flexibility index (Phi) is 8.57. The number of benzene rings is 2. The van der Waals surface area contributed by atoms with Crippen LogP contribution in [0.15, 0.2) is 48.5 Å². The molecule has 1 aliphatic heterocycles. The van der Waals surface area contributed by atoms with Gasteiger partial charge in [-0.1, -0.05) is 30.7 Å². The Morgan fingerprint density at radius 2 is 1.72 bits per heavy atom. The molecule has 0 radical (unpaired) electrons. The lowest BCUT2D eigenvalue weighted by molar-refractivity contribution is 0.0950. The van der Waals surface area contributed by atoms with Crippen LogP contribution in [0.1, 0.15) is 42.1 Å². The number of likely N-dealkylation sites (tertiary alicyclic amines) is 1. The van der Waals surface area contributed by atoms with E-state index in [0.717, 1.165) is 37.5 Å². The van der Waals surface area contributed by atoms with E-state index in [0.29, 0.717) is 22.8 Å². The maximum absolute atomic E-state index is 12.5. The van der Waals surface area contributed by atoms with Gasteiger partial charge in [-0.3, -0.25) is 9.10 Å². The quantitative estimate of drug-likeness (QED) is 0.550. The monoisotopic (exact) mass is 477 g/mol. The van der Waals surface area contributed by atoms with Crippen molar-refractivity contribution in [3.8, 4) is 0 Å². The van der Waals surface area contributed by atoms with E-state index in [4.69, 9.17) is 11.6 Å². The number of nitrogens with zero attached hydrogens (tertiary/aromatic N) is 2. The molecule has 2 aromatic carbocycles. The summed E-state index contributed by atoms with van der Waals surface area (Å²) in [5.41, 5.74) is 1.85. The van der Waals surface area contributed by atoms with Gasteiger partial charge in [0.2, 0.25) is 10.0 Å². The fourth-order valence-electron chi connectivity index (χ4n) is 3.83. The summed E-state index contributed by atoms with van der Waals surface area (Å²) >= 11 is 5.92. The second-order valence-corrected chi connectivity index (χ2v) is 10.9. The first-order valence-electron chi connectivity index (χ1n) is 11.0. The standard InChI is InChI=1S/C24H32ClN3O3S/c1-19-12-16-27(17-13-19)15-3-14-26-24(29)21-6-10-23(11-7-21)28(32(2,30)31)18-20-4-8-22(25)9-5-20/h4-11,19H,3,12-18H2,1-2H3,(H,26,29). The van der Waals surface area contributed by atoms with Crippen molar-refractivity contribution in [3.63, 3.8) is 0 Å². The molecule has 3 rings (SSSR count). The molecule has 1 fully saturated rings. The van der Waals surface area contributed by atoms with E-state index in [1.54, 1.807) is 48.5 Å². The van der Waals surface area contributed by atoms with E-state index in [1.165, 1.54) is 23.4 Å². The number of nitrogens with one attached hydrogen (secondary N) is 1. The number of carbonyl (C=O) groups excluding carboxylic acids is 1. The molecule has 1 saturated heterocycles. The molecule has 0 bridgehead atoms. The molecule has 6 nitrogen and oxygen atoms in total. The molecule has 8 heteroatoms. The third kappa shape index (κ3) is 7.22. The fourth-order valence-corrected chi connectivity index (χ4v) is 4.84. The third-order valence-corrected chi connectivity index (χ3v) is 7.26. The first kappa shape index (κ1) is 24.6. The zero-order valence-electron chi connectivity index (χ0n) is 18.8. The normalized spacial score (nSPS) is 15.5. The van der Waals surface area contributed by atoms with Gasteiger partial charge in [0.1, 0.15) is 0 Å². The summed E-state index contributed by atoms with van der Waals surface area (Å²) in [6.07, 6.45) is 4.59. The number of hydrogen-bond acceptors (Lipinski definition) is 4. The maximum Gasteiger partial charge on any atom is 0.251 e. The zero-order chi connectivity index (χ0) is 23.1. The topological polar surface area (TPSA) is 69.7 Å². The first-order chi connectivity index (χ1) is 15.2. The fraction of sp³-hybridized carbons (Fsp3) is 0.458. The average Bonchev–Trinajstić information content (AvgIpc) is 2.77. The Hall–Kier alpha value is -2.09.